The minimum absolute atomic E-state index is 0.402. The highest BCUT2D eigenvalue weighted by atomic mass is 79.9. The lowest BCUT2D eigenvalue weighted by molar-refractivity contribution is 0.263. The molecule has 1 aromatic carbocycles. The predicted octanol–water partition coefficient (Wildman–Crippen LogP) is 3.18. The molecule has 0 aromatic heterocycles. The summed E-state index contributed by atoms with van der Waals surface area (Å²) < 4.78 is 27.3. The van der Waals surface area contributed by atoms with Gasteiger partial charge in [-0.3, -0.25) is 0 Å². The Morgan fingerprint density at radius 2 is 2.06 bits per heavy atom. The molecule has 0 atom stereocenters. The SMILES string of the molecule is Cc1ccc(Br)cc1S(=O)(=O)N(C)CC1CCC1. The summed E-state index contributed by atoms with van der Waals surface area (Å²) in [6.07, 6.45) is 3.53. The molecule has 0 aliphatic heterocycles. The van der Waals surface area contributed by atoms with Gasteiger partial charge >= 0.3 is 0 Å². The van der Waals surface area contributed by atoms with Crippen molar-refractivity contribution < 1.29 is 8.42 Å². The van der Waals surface area contributed by atoms with Gasteiger partial charge in [0, 0.05) is 18.1 Å². The highest BCUT2D eigenvalue weighted by Crippen LogP contribution is 2.29. The fourth-order valence-corrected chi connectivity index (χ4v) is 4.16. The van der Waals surface area contributed by atoms with Gasteiger partial charge in [0.05, 0.1) is 4.90 Å². The van der Waals surface area contributed by atoms with Crippen molar-refractivity contribution in [3.8, 4) is 0 Å². The van der Waals surface area contributed by atoms with Crippen molar-refractivity contribution in [2.24, 2.45) is 5.92 Å². The number of rotatable bonds is 4. The minimum atomic E-state index is -3.36. The molecule has 1 aliphatic rings. The van der Waals surface area contributed by atoms with E-state index in [1.807, 2.05) is 19.1 Å². The number of halogens is 1. The molecule has 18 heavy (non-hydrogen) atoms. The predicted molar refractivity (Wildman–Crippen MR) is 76.0 cm³/mol. The van der Waals surface area contributed by atoms with Crippen LogP contribution in [-0.2, 0) is 10.0 Å². The first-order valence-corrected chi connectivity index (χ1v) is 8.37. The van der Waals surface area contributed by atoms with Gasteiger partial charge in [-0.25, -0.2) is 12.7 Å². The maximum absolute atomic E-state index is 12.5. The zero-order valence-electron chi connectivity index (χ0n) is 10.7. The van der Waals surface area contributed by atoms with E-state index < -0.39 is 10.0 Å². The first kappa shape index (κ1) is 14.0. The maximum atomic E-state index is 12.5. The van der Waals surface area contributed by atoms with Crippen LogP contribution >= 0.6 is 15.9 Å². The first-order chi connectivity index (χ1) is 8.41. The molecule has 100 valence electrons. The van der Waals surface area contributed by atoms with Crippen molar-refractivity contribution in [1.29, 1.82) is 0 Å². The van der Waals surface area contributed by atoms with Crippen molar-refractivity contribution in [3.05, 3.63) is 28.2 Å². The molecule has 0 radical (unpaired) electrons. The molecule has 0 bridgehead atoms. The van der Waals surface area contributed by atoms with Gasteiger partial charge in [-0.15, -0.1) is 0 Å². The molecule has 0 amide bonds. The Morgan fingerprint density at radius 1 is 1.39 bits per heavy atom. The summed E-state index contributed by atoms with van der Waals surface area (Å²) in [5, 5.41) is 0. The highest BCUT2D eigenvalue weighted by Gasteiger charge is 2.27. The topological polar surface area (TPSA) is 37.4 Å². The third-order valence-electron chi connectivity index (χ3n) is 3.58. The van der Waals surface area contributed by atoms with Gasteiger partial charge in [0.2, 0.25) is 10.0 Å². The molecule has 5 heteroatoms. The molecule has 0 unspecified atom stereocenters. The number of benzene rings is 1. The molecule has 1 fully saturated rings. The summed E-state index contributed by atoms with van der Waals surface area (Å²) in [6.45, 7) is 2.46. The van der Waals surface area contributed by atoms with Crippen LogP contribution in [0, 0.1) is 12.8 Å². The zero-order chi connectivity index (χ0) is 13.3. The fourth-order valence-electron chi connectivity index (χ4n) is 2.16. The molecule has 3 nitrogen and oxygen atoms in total. The van der Waals surface area contributed by atoms with E-state index in [4.69, 9.17) is 0 Å². The van der Waals surface area contributed by atoms with Crippen LogP contribution < -0.4 is 0 Å². The van der Waals surface area contributed by atoms with Crippen LogP contribution in [0.5, 0.6) is 0 Å². The second kappa shape index (κ2) is 5.31. The summed E-state index contributed by atoms with van der Waals surface area (Å²) in [6, 6.07) is 5.37. The zero-order valence-corrected chi connectivity index (χ0v) is 13.1. The number of hydrogen-bond donors (Lipinski definition) is 0. The maximum Gasteiger partial charge on any atom is 0.243 e. The Morgan fingerprint density at radius 3 is 2.61 bits per heavy atom. The Hall–Kier alpha value is -0.390. The Bertz CT molecular complexity index is 538. The van der Waals surface area contributed by atoms with Crippen molar-refractivity contribution in [3.63, 3.8) is 0 Å². The molecule has 0 heterocycles. The molecule has 0 N–H and O–H groups in total. The quantitative estimate of drug-likeness (QED) is 0.849. The van der Waals surface area contributed by atoms with Crippen LogP contribution in [0.25, 0.3) is 0 Å². The van der Waals surface area contributed by atoms with Gasteiger partial charge in [-0.2, -0.15) is 0 Å². The second-order valence-corrected chi connectivity index (χ2v) is 7.92. The number of hydrogen-bond acceptors (Lipinski definition) is 2. The molecule has 0 saturated heterocycles. The highest BCUT2D eigenvalue weighted by molar-refractivity contribution is 9.10. The van der Waals surface area contributed by atoms with Crippen LogP contribution in [0.3, 0.4) is 0 Å². The van der Waals surface area contributed by atoms with Crippen LogP contribution in [0.4, 0.5) is 0 Å². The van der Waals surface area contributed by atoms with Crippen LogP contribution in [0.15, 0.2) is 27.6 Å². The van der Waals surface area contributed by atoms with E-state index in [0.717, 1.165) is 22.9 Å². The van der Waals surface area contributed by atoms with E-state index in [9.17, 15) is 8.42 Å². The van der Waals surface area contributed by atoms with Gasteiger partial charge in [-0.1, -0.05) is 28.4 Å². The van der Waals surface area contributed by atoms with Crippen molar-refractivity contribution >= 4 is 26.0 Å². The van der Waals surface area contributed by atoms with Gasteiger partial charge in [0.15, 0.2) is 0 Å². The summed E-state index contributed by atoms with van der Waals surface area (Å²) in [5.74, 6) is 0.539. The molecule has 0 spiro atoms. The summed E-state index contributed by atoms with van der Waals surface area (Å²) in [4.78, 5) is 0.402. The van der Waals surface area contributed by atoms with Crippen molar-refractivity contribution in [1.82, 2.24) is 4.31 Å². The molecule has 1 aliphatic carbocycles. The van der Waals surface area contributed by atoms with E-state index in [-0.39, 0.29) is 0 Å². The van der Waals surface area contributed by atoms with Crippen molar-refractivity contribution in [2.45, 2.75) is 31.1 Å². The third kappa shape index (κ3) is 2.78. The number of sulfonamides is 1. The van der Waals surface area contributed by atoms with Crippen LogP contribution in [0.1, 0.15) is 24.8 Å². The van der Waals surface area contributed by atoms with E-state index in [0.29, 0.717) is 17.4 Å². The van der Waals surface area contributed by atoms with Gasteiger partial charge in [0.25, 0.3) is 0 Å². The average molecular weight is 332 g/mol. The van der Waals surface area contributed by atoms with E-state index in [1.165, 1.54) is 10.7 Å². The lowest BCUT2D eigenvalue weighted by Gasteiger charge is -2.30. The van der Waals surface area contributed by atoms with E-state index in [2.05, 4.69) is 15.9 Å². The lowest BCUT2D eigenvalue weighted by atomic mass is 9.86. The normalized spacial score (nSPS) is 16.9. The second-order valence-electron chi connectivity index (χ2n) is 4.99. The van der Waals surface area contributed by atoms with Gasteiger partial charge in [0.1, 0.15) is 0 Å². The van der Waals surface area contributed by atoms with E-state index in [1.54, 1.807) is 13.1 Å². The standard InChI is InChI=1S/C13H18BrNO2S/c1-10-6-7-12(14)8-13(10)18(16,17)15(2)9-11-4-3-5-11/h6-8,11H,3-5,9H2,1-2H3. The van der Waals surface area contributed by atoms with Crippen LogP contribution in [0.2, 0.25) is 0 Å². The first-order valence-electron chi connectivity index (χ1n) is 6.14. The lowest BCUT2D eigenvalue weighted by Crippen LogP contribution is -2.34. The Balaban J connectivity index is 2.25. The average Bonchev–Trinajstić information content (AvgIpc) is 2.26. The molecular weight excluding hydrogens is 314 g/mol. The smallest absolute Gasteiger partial charge is 0.207 e. The van der Waals surface area contributed by atoms with E-state index >= 15 is 0 Å². The van der Waals surface area contributed by atoms with Crippen molar-refractivity contribution in [2.75, 3.05) is 13.6 Å². The monoisotopic (exact) mass is 331 g/mol. The molecular formula is C13H18BrNO2S. The summed E-state index contributed by atoms with van der Waals surface area (Å²) in [7, 11) is -1.69. The number of nitrogens with zero attached hydrogens (tertiary/aromatic N) is 1. The minimum Gasteiger partial charge on any atom is -0.207 e. The molecule has 2 rings (SSSR count). The summed E-state index contributed by atoms with van der Waals surface area (Å²) in [5.41, 5.74) is 0.790. The number of aryl methyl sites for hydroxylation is 1. The molecule has 1 aromatic rings. The Labute approximate surface area is 117 Å². The van der Waals surface area contributed by atoms with Gasteiger partial charge < -0.3 is 0 Å². The largest absolute Gasteiger partial charge is 0.243 e. The fraction of sp³-hybridized carbons (Fsp3) is 0.538. The third-order valence-corrected chi connectivity index (χ3v) is 6.04. The van der Waals surface area contributed by atoms with Gasteiger partial charge in [-0.05, 0) is 43.4 Å². The summed E-state index contributed by atoms with van der Waals surface area (Å²) >= 11 is 3.33. The van der Waals surface area contributed by atoms with Crippen LogP contribution in [-0.4, -0.2) is 26.3 Å². The molecule has 1 saturated carbocycles. The Kier molecular flexibility index (Phi) is 4.14.